The van der Waals surface area contributed by atoms with Gasteiger partial charge in [-0.3, -0.25) is 0 Å². The molecular weight excluding hydrogens is 231 g/mol. The smallest absolute Gasteiger partial charge is 0.123 e. The molecule has 0 heterocycles. The molecule has 0 bridgehead atoms. The van der Waals surface area contributed by atoms with E-state index in [9.17, 15) is 9.50 Å². The highest BCUT2D eigenvalue weighted by molar-refractivity contribution is 6.31. The number of ether oxygens (including phenoxy) is 1. The predicted octanol–water partition coefficient (Wildman–Crippen LogP) is 2.81. The van der Waals surface area contributed by atoms with Crippen LogP contribution in [0.5, 0.6) is 0 Å². The zero-order chi connectivity index (χ0) is 12.3. The summed E-state index contributed by atoms with van der Waals surface area (Å²) in [5.74, 6) is -0.359. The minimum absolute atomic E-state index is 0.261. The summed E-state index contributed by atoms with van der Waals surface area (Å²) >= 11 is 5.91. The maximum atomic E-state index is 13.0. The molecule has 0 fully saturated rings. The van der Waals surface area contributed by atoms with Gasteiger partial charge in [-0.2, -0.15) is 0 Å². The van der Waals surface area contributed by atoms with Crippen molar-refractivity contribution in [3.05, 3.63) is 34.6 Å². The Labute approximate surface area is 100.0 Å². The van der Waals surface area contributed by atoms with Gasteiger partial charge < -0.3 is 9.84 Å². The Bertz CT molecular complexity index is 366. The topological polar surface area (TPSA) is 29.5 Å². The fourth-order valence-corrected chi connectivity index (χ4v) is 1.48. The summed E-state index contributed by atoms with van der Waals surface area (Å²) in [7, 11) is 1.52. The van der Waals surface area contributed by atoms with E-state index in [-0.39, 0.29) is 12.2 Å². The van der Waals surface area contributed by atoms with Crippen LogP contribution in [0, 0.1) is 5.82 Å². The summed E-state index contributed by atoms with van der Waals surface area (Å²) in [6.07, 6.45) is -0.478. The maximum absolute atomic E-state index is 13.0. The van der Waals surface area contributed by atoms with E-state index in [1.54, 1.807) is 13.8 Å². The van der Waals surface area contributed by atoms with Gasteiger partial charge in [0.25, 0.3) is 0 Å². The minimum atomic E-state index is -0.739. The van der Waals surface area contributed by atoms with E-state index in [4.69, 9.17) is 16.3 Å². The molecule has 1 aromatic carbocycles. The van der Waals surface area contributed by atoms with E-state index in [1.807, 2.05) is 0 Å². The van der Waals surface area contributed by atoms with Crippen LogP contribution in [0.15, 0.2) is 18.2 Å². The molecule has 1 aromatic rings. The Morgan fingerprint density at radius 1 is 1.50 bits per heavy atom. The largest absolute Gasteiger partial charge is 0.390 e. The zero-order valence-corrected chi connectivity index (χ0v) is 10.4. The Morgan fingerprint density at radius 2 is 2.12 bits per heavy atom. The van der Waals surface area contributed by atoms with Gasteiger partial charge in [0.2, 0.25) is 0 Å². The van der Waals surface area contributed by atoms with Crippen molar-refractivity contribution in [1.29, 1.82) is 0 Å². The Kier molecular flexibility index (Phi) is 4.30. The summed E-state index contributed by atoms with van der Waals surface area (Å²) < 4.78 is 18.2. The molecule has 0 radical (unpaired) electrons. The third-order valence-corrected chi connectivity index (χ3v) is 3.12. The lowest BCUT2D eigenvalue weighted by Gasteiger charge is -2.29. The van der Waals surface area contributed by atoms with Gasteiger partial charge in [-0.25, -0.2) is 4.39 Å². The van der Waals surface area contributed by atoms with Crippen molar-refractivity contribution in [2.24, 2.45) is 0 Å². The first-order chi connectivity index (χ1) is 7.36. The van der Waals surface area contributed by atoms with Gasteiger partial charge >= 0.3 is 0 Å². The lowest BCUT2D eigenvalue weighted by molar-refractivity contribution is -0.0765. The number of aliphatic hydroxyl groups is 1. The predicted molar refractivity (Wildman–Crippen MR) is 62.2 cm³/mol. The van der Waals surface area contributed by atoms with Crippen LogP contribution in [0.1, 0.15) is 19.4 Å². The number of benzene rings is 1. The summed E-state index contributed by atoms with van der Waals surface area (Å²) in [5.41, 5.74) is -0.102. The Hall–Kier alpha value is -0.640. The summed E-state index contributed by atoms with van der Waals surface area (Å²) in [5, 5.41) is 10.4. The van der Waals surface area contributed by atoms with E-state index in [1.165, 1.54) is 25.3 Å². The summed E-state index contributed by atoms with van der Waals surface area (Å²) in [6, 6.07) is 4.11. The van der Waals surface area contributed by atoms with Crippen molar-refractivity contribution in [3.63, 3.8) is 0 Å². The monoisotopic (exact) mass is 246 g/mol. The van der Waals surface area contributed by atoms with Gasteiger partial charge in [-0.15, -0.1) is 0 Å². The SMILES string of the molecule is COC(C)(C)C(O)Cc1cc(F)ccc1Cl. The first-order valence-electron chi connectivity index (χ1n) is 5.04. The van der Waals surface area contributed by atoms with Crippen LogP contribution in [-0.2, 0) is 11.2 Å². The molecule has 0 aliphatic carbocycles. The Morgan fingerprint density at radius 3 is 2.69 bits per heavy atom. The van der Waals surface area contributed by atoms with Crippen LogP contribution < -0.4 is 0 Å². The molecule has 1 atom stereocenters. The van der Waals surface area contributed by atoms with Crippen LogP contribution in [0.25, 0.3) is 0 Å². The molecule has 16 heavy (non-hydrogen) atoms. The average Bonchev–Trinajstić information content (AvgIpc) is 2.23. The van der Waals surface area contributed by atoms with E-state index in [0.717, 1.165) is 0 Å². The third-order valence-electron chi connectivity index (χ3n) is 2.75. The first kappa shape index (κ1) is 13.4. The quantitative estimate of drug-likeness (QED) is 0.885. The minimum Gasteiger partial charge on any atom is -0.390 e. The van der Waals surface area contributed by atoms with Crippen LogP contribution in [-0.4, -0.2) is 23.9 Å². The number of rotatable bonds is 4. The fourth-order valence-electron chi connectivity index (χ4n) is 1.29. The molecule has 1 unspecified atom stereocenters. The van der Waals surface area contributed by atoms with E-state index < -0.39 is 11.7 Å². The molecule has 1 N–H and O–H groups in total. The second kappa shape index (κ2) is 5.13. The molecule has 0 spiro atoms. The number of halogens is 2. The second-order valence-corrected chi connectivity index (χ2v) is 4.67. The number of hydrogen-bond acceptors (Lipinski definition) is 2. The van der Waals surface area contributed by atoms with E-state index in [2.05, 4.69) is 0 Å². The average molecular weight is 247 g/mol. The van der Waals surface area contributed by atoms with Gasteiger partial charge in [0.15, 0.2) is 0 Å². The van der Waals surface area contributed by atoms with Crippen LogP contribution in [0.4, 0.5) is 4.39 Å². The Balaban J connectivity index is 2.84. The molecule has 90 valence electrons. The second-order valence-electron chi connectivity index (χ2n) is 4.26. The molecule has 4 heteroatoms. The van der Waals surface area contributed by atoms with Crippen LogP contribution in [0.3, 0.4) is 0 Å². The number of hydrogen-bond donors (Lipinski definition) is 1. The zero-order valence-electron chi connectivity index (χ0n) is 9.63. The van der Waals surface area contributed by atoms with Gasteiger partial charge in [0.1, 0.15) is 5.82 Å². The number of methoxy groups -OCH3 is 1. The van der Waals surface area contributed by atoms with Crippen LogP contribution in [0.2, 0.25) is 5.02 Å². The van der Waals surface area contributed by atoms with Crippen molar-refractivity contribution in [2.45, 2.75) is 32.0 Å². The van der Waals surface area contributed by atoms with Crippen LogP contribution >= 0.6 is 11.6 Å². The highest BCUT2D eigenvalue weighted by Gasteiger charge is 2.28. The third kappa shape index (κ3) is 3.17. The number of aliphatic hydroxyl groups excluding tert-OH is 1. The molecule has 0 saturated carbocycles. The first-order valence-corrected chi connectivity index (χ1v) is 5.42. The summed E-state index contributed by atoms with van der Waals surface area (Å²) in [4.78, 5) is 0. The molecule has 0 saturated heterocycles. The van der Waals surface area contributed by atoms with Crippen molar-refractivity contribution in [1.82, 2.24) is 0 Å². The summed E-state index contributed by atoms with van der Waals surface area (Å²) in [6.45, 7) is 3.54. The maximum Gasteiger partial charge on any atom is 0.123 e. The molecule has 0 aliphatic heterocycles. The van der Waals surface area contributed by atoms with Crippen molar-refractivity contribution in [3.8, 4) is 0 Å². The molecule has 1 rings (SSSR count). The van der Waals surface area contributed by atoms with Gasteiger partial charge in [0, 0.05) is 18.6 Å². The normalized spacial score (nSPS) is 13.9. The lowest BCUT2D eigenvalue weighted by atomic mass is 9.95. The van der Waals surface area contributed by atoms with Gasteiger partial charge in [0.05, 0.1) is 11.7 Å². The van der Waals surface area contributed by atoms with Gasteiger partial charge in [-0.1, -0.05) is 11.6 Å². The molecule has 0 amide bonds. The molecule has 0 aromatic heterocycles. The van der Waals surface area contributed by atoms with Crippen molar-refractivity contribution >= 4 is 11.6 Å². The van der Waals surface area contributed by atoms with E-state index >= 15 is 0 Å². The standard InChI is InChI=1S/C12H16ClFO2/c1-12(2,16-3)11(15)7-8-6-9(14)4-5-10(8)13/h4-6,11,15H,7H2,1-3H3. The highest BCUT2D eigenvalue weighted by Crippen LogP contribution is 2.23. The molecular formula is C12H16ClFO2. The van der Waals surface area contributed by atoms with Crippen molar-refractivity contribution in [2.75, 3.05) is 7.11 Å². The van der Waals surface area contributed by atoms with Gasteiger partial charge in [-0.05, 0) is 37.6 Å². The lowest BCUT2D eigenvalue weighted by Crippen LogP contribution is -2.39. The fraction of sp³-hybridized carbons (Fsp3) is 0.500. The highest BCUT2D eigenvalue weighted by atomic mass is 35.5. The van der Waals surface area contributed by atoms with E-state index in [0.29, 0.717) is 10.6 Å². The molecule has 2 nitrogen and oxygen atoms in total. The van der Waals surface area contributed by atoms with Crippen molar-refractivity contribution < 1.29 is 14.2 Å². The molecule has 0 aliphatic rings.